The fourth-order valence-electron chi connectivity index (χ4n) is 3.00. The molecule has 1 amide bonds. The number of hydrogen-bond acceptors (Lipinski definition) is 4. The van der Waals surface area contributed by atoms with Crippen LogP contribution in [0.1, 0.15) is 23.2 Å². The Morgan fingerprint density at radius 1 is 1.27 bits per heavy atom. The molecule has 26 heavy (non-hydrogen) atoms. The Balaban J connectivity index is 1.52. The van der Waals surface area contributed by atoms with Gasteiger partial charge in [-0.1, -0.05) is 18.2 Å². The van der Waals surface area contributed by atoms with Crippen LogP contribution in [0.15, 0.2) is 53.4 Å². The molecule has 0 aromatic heterocycles. The third-order valence-electron chi connectivity index (χ3n) is 4.32. The highest BCUT2D eigenvalue weighted by atomic mass is 32.2. The van der Waals surface area contributed by atoms with Crippen molar-refractivity contribution < 1.29 is 14.3 Å². The van der Waals surface area contributed by atoms with Gasteiger partial charge < -0.3 is 15.3 Å². The molecule has 1 saturated heterocycles. The lowest BCUT2D eigenvalue weighted by atomic mass is 10.1. The molecule has 2 N–H and O–H groups in total. The van der Waals surface area contributed by atoms with Gasteiger partial charge >= 0.3 is 0 Å². The molecule has 2 aromatic rings. The summed E-state index contributed by atoms with van der Waals surface area (Å²) in [5.41, 5.74) is 1.48. The lowest BCUT2D eigenvalue weighted by Gasteiger charge is -2.30. The first-order valence-corrected chi connectivity index (χ1v) is 9.80. The summed E-state index contributed by atoms with van der Waals surface area (Å²) in [6, 6.07) is 14.1. The van der Waals surface area contributed by atoms with Gasteiger partial charge in [-0.25, -0.2) is 4.39 Å². The van der Waals surface area contributed by atoms with Gasteiger partial charge in [0.15, 0.2) is 0 Å². The molecule has 0 bridgehead atoms. The molecule has 1 heterocycles. The summed E-state index contributed by atoms with van der Waals surface area (Å²) < 4.78 is 13.6. The average molecular weight is 374 g/mol. The number of benzene rings is 2. The number of carbonyl (C=O) groups is 1. The van der Waals surface area contributed by atoms with Crippen LogP contribution in [-0.4, -0.2) is 47.4 Å². The summed E-state index contributed by atoms with van der Waals surface area (Å²) in [6.07, 6.45) is 1.16. The number of aliphatic hydroxyl groups excluding tert-OH is 1. The number of piperidine rings is 1. The minimum Gasteiger partial charge on any atom is -0.391 e. The van der Waals surface area contributed by atoms with E-state index in [0.29, 0.717) is 30.1 Å². The molecule has 0 saturated carbocycles. The maximum atomic E-state index is 13.6. The zero-order valence-electron chi connectivity index (χ0n) is 14.5. The second kappa shape index (κ2) is 9.05. The van der Waals surface area contributed by atoms with Gasteiger partial charge in [0.1, 0.15) is 5.82 Å². The Hall–Kier alpha value is -2.05. The van der Waals surface area contributed by atoms with Crippen molar-refractivity contribution in [2.24, 2.45) is 0 Å². The summed E-state index contributed by atoms with van der Waals surface area (Å²) in [7, 11) is 0. The molecule has 1 unspecified atom stereocenters. The summed E-state index contributed by atoms with van der Waals surface area (Å²) in [6.45, 7) is 1.75. The van der Waals surface area contributed by atoms with Gasteiger partial charge in [0.2, 0.25) is 0 Å². The van der Waals surface area contributed by atoms with E-state index in [-0.39, 0.29) is 11.7 Å². The van der Waals surface area contributed by atoms with E-state index in [9.17, 15) is 14.3 Å². The third kappa shape index (κ3) is 4.99. The molecule has 0 radical (unpaired) electrons. The van der Waals surface area contributed by atoms with Crippen molar-refractivity contribution in [3.8, 4) is 0 Å². The highest BCUT2D eigenvalue weighted by Crippen LogP contribution is 2.21. The highest BCUT2D eigenvalue weighted by molar-refractivity contribution is 7.99. The van der Waals surface area contributed by atoms with E-state index in [1.54, 1.807) is 23.1 Å². The van der Waals surface area contributed by atoms with Gasteiger partial charge in [0, 0.05) is 41.5 Å². The van der Waals surface area contributed by atoms with E-state index in [1.165, 1.54) is 17.8 Å². The number of aliphatic hydroxyl groups is 1. The summed E-state index contributed by atoms with van der Waals surface area (Å²) in [5, 5.41) is 13.0. The van der Waals surface area contributed by atoms with Crippen LogP contribution >= 0.6 is 11.8 Å². The number of nitrogens with zero attached hydrogens (tertiary/aromatic N) is 1. The molecule has 4 nitrogen and oxygen atoms in total. The van der Waals surface area contributed by atoms with Gasteiger partial charge in [-0.15, -0.1) is 11.8 Å². The average Bonchev–Trinajstić information content (AvgIpc) is 2.66. The third-order valence-corrected chi connectivity index (χ3v) is 5.37. The summed E-state index contributed by atoms with van der Waals surface area (Å²) >= 11 is 1.46. The second-order valence-corrected chi connectivity index (χ2v) is 7.47. The number of hydrogen-bond donors (Lipinski definition) is 2. The summed E-state index contributed by atoms with van der Waals surface area (Å²) in [5.74, 6) is 0.471. The van der Waals surface area contributed by atoms with E-state index in [2.05, 4.69) is 5.32 Å². The van der Waals surface area contributed by atoms with Crippen LogP contribution < -0.4 is 5.32 Å². The number of likely N-dealkylation sites (tertiary alicyclic amines) is 1. The zero-order valence-corrected chi connectivity index (χ0v) is 15.3. The maximum absolute atomic E-state index is 13.6. The van der Waals surface area contributed by atoms with Crippen LogP contribution in [0.3, 0.4) is 0 Å². The molecule has 1 aliphatic heterocycles. The minimum absolute atomic E-state index is 0.0480. The molecular formula is C20H23FN2O2S. The van der Waals surface area contributed by atoms with Crippen molar-refractivity contribution in [3.05, 3.63) is 59.9 Å². The van der Waals surface area contributed by atoms with Crippen molar-refractivity contribution in [2.75, 3.05) is 30.7 Å². The predicted octanol–water partition coefficient (Wildman–Crippen LogP) is 3.63. The topological polar surface area (TPSA) is 52.6 Å². The second-order valence-electron chi connectivity index (χ2n) is 6.33. The monoisotopic (exact) mass is 374 g/mol. The maximum Gasteiger partial charge on any atom is 0.254 e. The number of anilines is 1. The normalized spacial score (nSPS) is 17.2. The lowest BCUT2D eigenvalue weighted by molar-refractivity contribution is 0.0474. The van der Waals surface area contributed by atoms with Crippen molar-refractivity contribution in [1.29, 1.82) is 0 Å². The minimum atomic E-state index is -0.426. The van der Waals surface area contributed by atoms with Gasteiger partial charge in [-0.3, -0.25) is 4.79 Å². The lowest BCUT2D eigenvalue weighted by Crippen LogP contribution is -2.42. The molecule has 1 fully saturated rings. The number of nitrogens with one attached hydrogen (secondary N) is 1. The highest BCUT2D eigenvalue weighted by Gasteiger charge is 2.23. The molecule has 3 rings (SSSR count). The predicted molar refractivity (Wildman–Crippen MR) is 103 cm³/mol. The first-order valence-electron chi connectivity index (χ1n) is 8.82. The Morgan fingerprint density at radius 3 is 2.92 bits per heavy atom. The Labute approximate surface area is 157 Å². The first-order chi connectivity index (χ1) is 12.6. The Kier molecular flexibility index (Phi) is 6.52. The van der Waals surface area contributed by atoms with E-state index in [0.717, 1.165) is 24.3 Å². The van der Waals surface area contributed by atoms with E-state index in [1.807, 2.05) is 24.3 Å². The number of rotatable bonds is 6. The fourth-order valence-corrected chi connectivity index (χ4v) is 3.81. The molecular weight excluding hydrogens is 351 g/mol. The van der Waals surface area contributed by atoms with E-state index >= 15 is 0 Å². The van der Waals surface area contributed by atoms with Gasteiger partial charge in [0.25, 0.3) is 5.91 Å². The van der Waals surface area contributed by atoms with Crippen molar-refractivity contribution in [3.63, 3.8) is 0 Å². The number of amides is 1. The van der Waals surface area contributed by atoms with Gasteiger partial charge in [0.05, 0.1) is 6.10 Å². The summed E-state index contributed by atoms with van der Waals surface area (Å²) in [4.78, 5) is 14.9. The molecule has 1 atom stereocenters. The number of carbonyl (C=O) groups excluding carboxylic acids is 1. The van der Waals surface area contributed by atoms with Crippen LogP contribution in [0.2, 0.25) is 0 Å². The van der Waals surface area contributed by atoms with E-state index < -0.39 is 6.10 Å². The molecule has 6 heteroatoms. The quantitative estimate of drug-likeness (QED) is 0.599. The number of halogens is 1. The standard InChI is InChI=1S/C20H23FN2O2S/c21-18-8-1-2-9-19(18)26-12-10-22-16-6-3-5-15(13-16)20(25)23-11-4-7-17(24)14-23/h1-3,5-6,8-9,13,17,22,24H,4,7,10-12,14H2. The molecule has 0 spiro atoms. The van der Waals surface area contributed by atoms with Crippen molar-refractivity contribution >= 4 is 23.4 Å². The largest absolute Gasteiger partial charge is 0.391 e. The number of β-amino-alcohol motifs (C(OH)–C–C–N with tert-alkyl or cyclic N) is 1. The number of thioether (sulfide) groups is 1. The van der Waals surface area contributed by atoms with Gasteiger partial charge in [-0.2, -0.15) is 0 Å². The SMILES string of the molecule is O=C(c1cccc(NCCSc2ccccc2F)c1)N1CCCC(O)C1. The molecule has 0 aliphatic carbocycles. The fraction of sp³-hybridized carbons (Fsp3) is 0.350. The molecule has 2 aromatic carbocycles. The Bertz CT molecular complexity index is 756. The zero-order chi connectivity index (χ0) is 18.4. The van der Waals surface area contributed by atoms with Crippen LogP contribution in [0.5, 0.6) is 0 Å². The van der Waals surface area contributed by atoms with Crippen LogP contribution in [0, 0.1) is 5.82 Å². The van der Waals surface area contributed by atoms with Crippen LogP contribution in [0.4, 0.5) is 10.1 Å². The van der Waals surface area contributed by atoms with Crippen LogP contribution in [0.25, 0.3) is 0 Å². The van der Waals surface area contributed by atoms with Crippen molar-refractivity contribution in [1.82, 2.24) is 4.90 Å². The van der Waals surface area contributed by atoms with Gasteiger partial charge in [-0.05, 0) is 43.2 Å². The van der Waals surface area contributed by atoms with Crippen LogP contribution in [-0.2, 0) is 0 Å². The first kappa shape index (κ1) is 18.7. The molecule has 138 valence electrons. The Morgan fingerprint density at radius 2 is 2.12 bits per heavy atom. The van der Waals surface area contributed by atoms with Crippen molar-refractivity contribution in [2.45, 2.75) is 23.8 Å². The molecule has 1 aliphatic rings. The van der Waals surface area contributed by atoms with E-state index in [4.69, 9.17) is 0 Å². The smallest absolute Gasteiger partial charge is 0.254 e.